The van der Waals surface area contributed by atoms with Crippen LogP contribution in [0.5, 0.6) is 11.5 Å². The predicted molar refractivity (Wildman–Crippen MR) is 84.3 cm³/mol. The third-order valence-electron chi connectivity index (χ3n) is 3.72. The molecule has 1 aliphatic heterocycles. The molecule has 0 aromatic heterocycles. The van der Waals surface area contributed by atoms with E-state index in [1.807, 2.05) is 25.1 Å². The van der Waals surface area contributed by atoms with E-state index in [2.05, 4.69) is 17.4 Å². The fourth-order valence-electron chi connectivity index (χ4n) is 2.44. The maximum Gasteiger partial charge on any atom is 0.251 e. The topological polar surface area (TPSA) is 47.6 Å². The smallest absolute Gasteiger partial charge is 0.251 e. The second-order valence-electron chi connectivity index (χ2n) is 5.47. The Morgan fingerprint density at radius 1 is 1.14 bits per heavy atom. The van der Waals surface area contributed by atoms with Crippen LogP contribution >= 0.6 is 0 Å². The number of hydrogen-bond donors (Lipinski definition) is 1. The van der Waals surface area contributed by atoms with Gasteiger partial charge in [0, 0.05) is 11.6 Å². The molecule has 22 heavy (non-hydrogen) atoms. The van der Waals surface area contributed by atoms with Gasteiger partial charge in [0.25, 0.3) is 5.91 Å². The molecule has 0 fully saturated rings. The third-order valence-corrected chi connectivity index (χ3v) is 3.72. The van der Waals surface area contributed by atoms with Crippen LogP contribution in [0.25, 0.3) is 0 Å². The number of benzene rings is 2. The van der Waals surface area contributed by atoms with E-state index in [9.17, 15) is 4.79 Å². The normalized spacial score (nSPS) is 13.7. The monoisotopic (exact) mass is 297 g/mol. The molecule has 1 aliphatic rings. The van der Waals surface area contributed by atoms with Crippen LogP contribution in [0.1, 0.15) is 29.3 Å². The zero-order valence-corrected chi connectivity index (χ0v) is 12.5. The number of fused-ring (bicyclic) bond motifs is 1. The van der Waals surface area contributed by atoms with Crippen molar-refractivity contribution >= 4 is 5.91 Å². The first-order valence-corrected chi connectivity index (χ1v) is 7.47. The summed E-state index contributed by atoms with van der Waals surface area (Å²) in [6.45, 7) is 2.24. The lowest BCUT2D eigenvalue weighted by Gasteiger charge is -2.14. The van der Waals surface area contributed by atoms with Gasteiger partial charge in [-0.2, -0.15) is 0 Å². The SMILES string of the molecule is C[C@@H](CCc1ccccc1)NC(=O)c1ccc2c(c1)OCO2. The minimum Gasteiger partial charge on any atom is -0.454 e. The fourth-order valence-corrected chi connectivity index (χ4v) is 2.44. The maximum atomic E-state index is 12.3. The molecule has 0 saturated carbocycles. The van der Waals surface area contributed by atoms with Gasteiger partial charge in [-0.15, -0.1) is 0 Å². The van der Waals surface area contributed by atoms with Crippen LogP contribution in [0.3, 0.4) is 0 Å². The first-order chi connectivity index (χ1) is 10.7. The number of ether oxygens (including phenoxy) is 2. The average molecular weight is 297 g/mol. The van der Waals surface area contributed by atoms with Gasteiger partial charge in [0.1, 0.15) is 0 Å². The molecule has 4 nitrogen and oxygen atoms in total. The third kappa shape index (κ3) is 3.39. The Kier molecular flexibility index (Phi) is 4.28. The second kappa shape index (κ2) is 6.52. The molecule has 2 aromatic rings. The Labute approximate surface area is 130 Å². The molecule has 2 aromatic carbocycles. The molecule has 1 amide bonds. The van der Waals surface area contributed by atoms with E-state index in [0.717, 1.165) is 12.8 Å². The van der Waals surface area contributed by atoms with Crippen molar-refractivity contribution in [2.75, 3.05) is 6.79 Å². The van der Waals surface area contributed by atoms with Gasteiger partial charge in [0.05, 0.1) is 0 Å². The second-order valence-corrected chi connectivity index (χ2v) is 5.47. The van der Waals surface area contributed by atoms with Gasteiger partial charge in [-0.1, -0.05) is 30.3 Å². The van der Waals surface area contributed by atoms with E-state index in [1.54, 1.807) is 18.2 Å². The molecule has 0 bridgehead atoms. The summed E-state index contributed by atoms with van der Waals surface area (Å²) in [6.07, 6.45) is 1.85. The van der Waals surface area contributed by atoms with Crippen LogP contribution in [0, 0.1) is 0 Å². The van der Waals surface area contributed by atoms with Crippen molar-refractivity contribution < 1.29 is 14.3 Å². The summed E-state index contributed by atoms with van der Waals surface area (Å²) in [5, 5.41) is 3.02. The van der Waals surface area contributed by atoms with Crippen molar-refractivity contribution in [1.82, 2.24) is 5.32 Å². The van der Waals surface area contributed by atoms with E-state index >= 15 is 0 Å². The minimum absolute atomic E-state index is 0.0844. The van der Waals surface area contributed by atoms with E-state index in [-0.39, 0.29) is 18.7 Å². The number of aryl methyl sites for hydroxylation is 1. The van der Waals surface area contributed by atoms with Crippen LogP contribution < -0.4 is 14.8 Å². The van der Waals surface area contributed by atoms with Gasteiger partial charge < -0.3 is 14.8 Å². The molecule has 1 atom stereocenters. The lowest BCUT2D eigenvalue weighted by Crippen LogP contribution is -2.32. The molecule has 0 spiro atoms. The number of rotatable bonds is 5. The molecule has 1 N–H and O–H groups in total. The standard InChI is InChI=1S/C18H19NO3/c1-13(7-8-14-5-3-2-4-6-14)19-18(20)15-9-10-16-17(11-15)22-12-21-16/h2-6,9-11,13H,7-8,12H2,1H3,(H,19,20)/t13-/m0/s1. The number of carbonyl (C=O) groups is 1. The summed E-state index contributed by atoms with van der Waals surface area (Å²) in [4.78, 5) is 12.3. The van der Waals surface area contributed by atoms with E-state index < -0.39 is 0 Å². The van der Waals surface area contributed by atoms with Crippen molar-refractivity contribution in [2.45, 2.75) is 25.8 Å². The number of amides is 1. The Morgan fingerprint density at radius 3 is 2.73 bits per heavy atom. The molecule has 0 aliphatic carbocycles. The highest BCUT2D eigenvalue weighted by Crippen LogP contribution is 2.32. The highest BCUT2D eigenvalue weighted by Gasteiger charge is 2.17. The van der Waals surface area contributed by atoms with E-state index in [4.69, 9.17) is 9.47 Å². The quantitative estimate of drug-likeness (QED) is 0.922. The molecule has 0 unspecified atom stereocenters. The summed E-state index contributed by atoms with van der Waals surface area (Å²) in [6, 6.07) is 15.6. The Balaban J connectivity index is 1.55. The maximum absolute atomic E-state index is 12.3. The lowest BCUT2D eigenvalue weighted by atomic mass is 10.1. The van der Waals surface area contributed by atoms with Gasteiger partial charge in [0.2, 0.25) is 6.79 Å². The number of carbonyl (C=O) groups excluding carboxylic acids is 1. The summed E-state index contributed by atoms with van der Waals surface area (Å²) >= 11 is 0. The van der Waals surface area contributed by atoms with Crippen LogP contribution in [-0.4, -0.2) is 18.7 Å². The predicted octanol–water partition coefficient (Wildman–Crippen LogP) is 3.17. The molecular weight excluding hydrogens is 278 g/mol. The summed E-state index contributed by atoms with van der Waals surface area (Å²) in [7, 11) is 0. The van der Waals surface area contributed by atoms with Crippen LogP contribution in [0.15, 0.2) is 48.5 Å². The minimum atomic E-state index is -0.0844. The first-order valence-electron chi connectivity index (χ1n) is 7.47. The molecule has 0 radical (unpaired) electrons. The molecule has 0 saturated heterocycles. The Hall–Kier alpha value is -2.49. The number of nitrogens with one attached hydrogen (secondary N) is 1. The highest BCUT2D eigenvalue weighted by atomic mass is 16.7. The zero-order valence-electron chi connectivity index (χ0n) is 12.5. The van der Waals surface area contributed by atoms with Crippen LogP contribution in [-0.2, 0) is 6.42 Å². The lowest BCUT2D eigenvalue weighted by molar-refractivity contribution is 0.0938. The summed E-state index contributed by atoms with van der Waals surface area (Å²) < 4.78 is 10.5. The zero-order chi connectivity index (χ0) is 15.4. The van der Waals surface area contributed by atoms with Gasteiger partial charge in [-0.05, 0) is 43.5 Å². The van der Waals surface area contributed by atoms with Crippen molar-refractivity contribution in [2.24, 2.45) is 0 Å². The van der Waals surface area contributed by atoms with Crippen molar-refractivity contribution in [3.63, 3.8) is 0 Å². The average Bonchev–Trinajstić information content (AvgIpc) is 3.01. The summed E-state index contributed by atoms with van der Waals surface area (Å²) in [5.41, 5.74) is 1.88. The summed E-state index contributed by atoms with van der Waals surface area (Å²) in [5.74, 6) is 1.23. The highest BCUT2D eigenvalue weighted by molar-refractivity contribution is 5.95. The Bertz CT molecular complexity index is 655. The molecule has 1 heterocycles. The van der Waals surface area contributed by atoms with Crippen LogP contribution in [0.4, 0.5) is 0 Å². The number of hydrogen-bond acceptors (Lipinski definition) is 3. The van der Waals surface area contributed by atoms with Gasteiger partial charge >= 0.3 is 0 Å². The molecule has 4 heteroatoms. The van der Waals surface area contributed by atoms with Crippen LogP contribution in [0.2, 0.25) is 0 Å². The van der Waals surface area contributed by atoms with Crippen molar-refractivity contribution in [3.8, 4) is 11.5 Å². The molecular formula is C18H19NO3. The largest absolute Gasteiger partial charge is 0.454 e. The van der Waals surface area contributed by atoms with Gasteiger partial charge in [-0.25, -0.2) is 0 Å². The van der Waals surface area contributed by atoms with E-state index in [0.29, 0.717) is 17.1 Å². The van der Waals surface area contributed by atoms with Crippen molar-refractivity contribution in [3.05, 3.63) is 59.7 Å². The fraction of sp³-hybridized carbons (Fsp3) is 0.278. The van der Waals surface area contributed by atoms with Gasteiger partial charge in [-0.3, -0.25) is 4.79 Å². The van der Waals surface area contributed by atoms with Gasteiger partial charge in [0.15, 0.2) is 11.5 Å². The van der Waals surface area contributed by atoms with Crippen molar-refractivity contribution in [1.29, 1.82) is 0 Å². The first kappa shape index (κ1) is 14.4. The Morgan fingerprint density at radius 2 is 1.91 bits per heavy atom. The van der Waals surface area contributed by atoms with E-state index in [1.165, 1.54) is 5.56 Å². The molecule has 3 rings (SSSR count). The molecule has 114 valence electrons.